The highest BCUT2D eigenvalue weighted by molar-refractivity contribution is 8.67. The van der Waals surface area contributed by atoms with Crippen molar-refractivity contribution in [2.24, 2.45) is 0 Å². The van der Waals surface area contributed by atoms with Gasteiger partial charge in [0.05, 0.1) is 19.9 Å². The quantitative estimate of drug-likeness (QED) is 0.170. The first-order valence-corrected chi connectivity index (χ1v) is 7.04. The summed E-state index contributed by atoms with van der Waals surface area (Å²) in [4.78, 5) is 11.2. The molecule has 1 rings (SSSR count). The molecule has 86 valence electrons. The Bertz CT molecular complexity index is 378. The van der Waals surface area contributed by atoms with Crippen LogP contribution in [0.4, 0.5) is 0 Å². The van der Waals surface area contributed by atoms with Crippen LogP contribution in [0.15, 0.2) is 36.4 Å². The number of ether oxygens (including phenoxy) is 1. The molecule has 0 spiro atoms. The van der Waals surface area contributed by atoms with Gasteiger partial charge in [0.2, 0.25) is 0 Å². The lowest BCUT2D eigenvalue weighted by Crippen LogP contribution is -2.08. The van der Waals surface area contributed by atoms with Crippen LogP contribution in [0.5, 0.6) is 5.75 Å². The smallest absolute Gasteiger partial charge is 0.338 e. The molecule has 0 fully saturated rings. The fourth-order valence-electron chi connectivity index (χ4n) is 0.852. The van der Waals surface area contributed by atoms with Crippen molar-refractivity contribution in [2.45, 2.75) is 6.92 Å². The molecule has 0 amide bonds. The predicted octanol–water partition coefficient (Wildman–Crippen LogP) is 2.90. The maximum absolute atomic E-state index is 11.2. The zero-order valence-corrected chi connectivity index (χ0v) is 11.3. The maximum Gasteiger partial charge on any atom is 0.338 e. The molecule has 0 aliphatic rings. The van der Waals surface area contributed by atoms with E-state index >= 15 is 0 Å². The monoisotopic (exact) mass is 274 g/mol. The summed E-state index contributed by atoms with van der Waals surface area (Å²) in [6.07, 6.45) is 0. The highest BCUT2D eigenvalue weighted by Gasteiger charge is 2.04. The van der Waals surface area contributed by atoms with E-state index in [1.807, 2.05) is 12.1 Å². The SMILES string of the molecule is C=C(C)C(=O)Oc1ccc(POSS)cc1. The van der Waals surface area contributed by atoms with Gasteiger partial charge in [-0.25, -0.2) is 4.79 Å². The van der Waals surface area contributed by atoms with Crippen LogP contribution in [0.3, 0.4) is 0 Å². The Balaban J connectivity index is 2.57. The Morgan fingerprint density at radius 3 is 2.56 bits per heavy atom. The fourth-order valence-corrected chi connectivity index (χ4v) is 2.02. The average Bonchev–Trinajstić information content (AvgIpc) is 2.28. The van der Waals surface area contributed by atoms with Crippen molar-refractivity contribution < 1.29 is 13.5 Å². The molecule has 1 unspecified atom stereocenters. The fraction of sp³-hybridized carbons (Fsp3) is 0.100. The van der Waals surface area contributed by atoms with Gasteiger partial charge >= 0.3 is 5.97 Å². The van der Waals surface area contributed by atoms with Crippen LogP contribution in [0.25, 0.3) is 0 Å². The summed E-state index contributed by atoms with van der Waals surface area (Å²) in [6.45, 7) is 5.11. The zero-order valence-electron chi connectivity index (χ0n) is 8.60. The van der Waals surface area contributed by atoms with Gasteiger partial charge in [-0.05, 0) is 31.2 Å². The van der Waals surface area contributed by atoms with E-state index in [9.17, 15) is 4.79 Å². The van der Waals surface area contributed by atoms with Gasteiger partial charge < -0.3 is 4.74 Å². The van der Waals surface area contributed by atoms with Gasteiger partial charge in [-0.3, -0.25) is 3.97 Å². The number of carbonyl (C=O) groups excluding carboxylic acids is 1. The third kappa shape index (κ3) is 4.58. The molecule has 1 aromatic rings. The Kier molecular flexibility index (Phi) is 5.91. The van der Waals surface area contributed by atoms with E-state index in [2.05, 4.69) is 18.2 Å². The van der Waals surface area contributed by atoms with E-state index in [4.69, 9.17) is 8.71 Å². The highest BCUT2D eigenvalue weighted by atomic mass is 33.1. The van der Waals surface area contributed by atoms with Gasteiger partial charge in [0, 0.05) is 10.9 Å². The first-order valence-electron chi connectivity index (χ1n) is 4.34. The summed E-state index contributed by atoms with van der Waals surface area (Å²) < 4.78 is 10.1. The molecule has 0 N–H and O–H groups in total. The summed E-state index contributed by atoms with van der Waals surface area (Å²) in [7, 11) is 0.221. The Labute approximate surface area is 105 Å². The molecule has 0 heterocycles. The molecule has 0 saturated carbocycles. The van der Waals surface area contributed by atoms with Crippen LogP contribution in [-0.2, 0) is 8.76 Å². The van der Waals surface area contributed by atoms with E-state index in [1.165, 1.54) is 0 Å². The predicted molar refractivity (Wildman–Crippen MR) is 72.5 cm³/mol. The van der Waals surface area contributed by atoms with E-state index in [1.54, 1.807) is 19.1 Å². The lowest BCUT2D eigenvalue weighted by Gasteiger charge is -2.04. The van der Waals surface area contributed by atoms with Crippen molar-refractivity contribution in [3.8, 4) is 5.75 Å². The normalized spacial score (nSPS) is 10.6. The molecular weight excluding hydrogens is 263 g/mol. The molecule has 0 radical (unpaired) electrons. The van der Waals surface area contributed by atoms with Gasteiger partial charge in [0.15, 0.2) is 0 Å². The first kappa shape index (κ1) is 13.6. The molecule has 0 aliphatic heterocycles. The second kappa shape index (κ2) is 6.97. The summed E-state index contributed by atoms with van der Waals surface area (Å²) >= 11 is 4.89. The molecule has 3 nitrogen and oxygen atoms in total. The van der Waals surface area contributed by atoms with E-state index < -0.39 is 5.97 Å². The molecule has 0 saturated heterocycles. The van der Waals surface area contributed by atoms with E-state index in [0.717, 1.165) is 16.4 Å². The van der Waals surface area contributed by atoms with Crippen LogP contribution in [0.1, 0.15) is 6.92 Å². The molecular formula is C10H11O3PS2. The second-order valence-electron chi connectivity index (χ2n) is 2.95. The van der Waals surface area contributed by atoms with Crippen LogP contribution >= 0.6 is 31.5 Å². The zero-order chi connectivity index (χ0) is 12.0. The molecule has 0 aromatic heterocycles. The van der Waals surface area contributed by atoms with E-state index in [-0.39, 0.29) is 8.81 Å². The van der Waals surface area contributed by atoms with Gasteiger partial charge in [-0.15, -0.1) is 0 Å². The van der Waals surface area contributed by atoms with Crippen molar-refractivity contribution in [1.29, 1.82) is 0 Å². The molecule has 1 aromatic carbocycles. The second-order valence-corrected chi connectivity index (χ2v) is 5.00. The highest BCUT2D eigenvalue weighted by Crippen LogP contribution is 2.23. The van der Waals surface area contributed by atoms with Crippen molar-refractivity contribution in [3.63, 3.8) is 0 Å². The molecule has 6 heteroatoms. The summed E-state index contributed by atoms with van der Waals surface area (Å²) in [5, 5.41) is 1.01. The number of esters is 1. The van der Waals surface area contributed by atoms with Gasteiger partial charge in [0.25, 0.3) is 0 Å². The van der Waals surface area contributed by atoms with Crippen LogP contribution in [0, 0.1) is 0 Å². The summed E-state index contributed by atoms with van der Waals surface area (Å²) in [5.74, 6) is 0.0810. The molecule has 16 heavy (non-hydrogen) atoms. The number of carbonyl (C=O) groups is 1. The summed E-state index contributed by atoms with van der Waals surface area (Å²) in [5.41, 5.74) is 0.376. The Morgan fingerprint density at radius 1 is 1.44 bits per heavy atom. The summed E-state index contributed by atoms with van der Waals surface area (Å²) in [6, 6.07) is 7.11. The minimum Gasteiger partial charge on any atom is -0.423 e. The topological polar surface area (TPSA) is 35.5 Å². The lowest BCUT2D eigenvalue weighted by atomic mass is 10.3. The number of thiol groups is 1. The van der Waals surface area contributed by atoms with Gasteiger partial charge in [-0.1, -0.05) is 18.2 Å². The van der Waals surface area contributed by atoms with Crippen LogP contribution in [-0.4, -0.2) is 5.97 Å². The third-order valence-electron chi connectivity index (χ3n) is 1.61. The van der Waals surface area contributed by atoms with Crippen LogP contribution < -0.4 is 10.0 Å². The van der Waals surface area contributed by atoms with Gasteiger partial charge in [0.1, 0.15) is 5.75 Å². The number of hydrogen-bond donors (Lipinski definition) is 1. The minimum atomic E-state index is -0.419. The molecule has 0 bridgehead atoms. The van der Waals surface area contributed by atoms with Crippen molar-refractivity contribution in [2.75, 3.05) is 0 Å². The lowest BCUT2D eigenvalue weighted by molar-refractivity contribution is -0.130. The standard InChI is InChI=1S/C10H11O3PS2/c1-7(2)10(11)12-8-3-5-9(6-4-8)14-13-16-15/h3-6,14-15H,1H2,2H3. The van der Waals surface area contributed by atoms with Crippen molar-refractivity contribution >= 4 is 42.8 Å². The van der Waals surface area contributed by atoms with Gasteiger partial charge in [-0.2, -0.15) is 0 Å². The number of rotatable bonds is 5. The van der Waals surface area contributed by atoms with Crippen molar-refractivity contribution in [1.82, 2.24) is 0 Å². The Morgan fingerprint density at radius 2 is 2.06 bits per heavy atom. The third-order valence-corrected chi connectivity index (χ3v) is 3.48. The Hall–Kier alpha value is -0.480. The average molecular weight is 274 g/mol. The maximum atomic E-state index is 11.2. The molecule has 1 atom stereocenters. The van der Waals surface area contributed by atoms with Crippen molar-refractivity contribution in [3.05, 3.63) is 36.4 Å². The van der Waals surface area contributed by atoms with Crippen LogP contribution in [0.2, 0.25) is 0 Å². The van der Waals surface area contributed by atoms with E-state index in [0.29, 0.717) is 11.3 Å². The molecule has 0 aliphatic carbocycles. The first-order chi connectivity index (χ1) is 7.63. The minimum absolute atomic E-state index is 0.221. The largest absolute Gasteiger partial charge is 0.423 e. The number of hydrogen-bond acceptors (Lipinski definition) is 5. The number of benzene rings is 1.